The number of aryl methyl sites for hydroxylation is 1. The minimum absolute atomic E-state index is 0.0710. The van der Waals surface area contributed by atoms with Crippen LogP contribution in [0.3, 0.4) is 0 Å². The van der Waals surface area contributed by atoms with E-state index in [9.17, 15) is 13.2 Å². The van der Waals surface area contributed by atoms with Crippen molar-refractivity contribution in [2.24, 2.45) is 5.14 Å². The van der Waals surface area contributed by atoms with Crippen molar-refractivity contribution in [1.82, 2.24) is 10.5 Å². The molecule has 0 unspecified atom stereocenters. The third kappa shape index (κ3) is 4.68. The van der Waals surface area contributed by atoms with Gasteiger partial charge in [-0.25, -0.2) is 13.6 Å². The van der Waals surface area contributed by atoms with E-state index in [1.54, 1.807) is 25.1 Å². The molecule has 1 aromatic heterocycles. The number of aromatic nitrogens is 1. The van der Waals surface area contributed by atoms with Crippen molar-refractivity contribution in [1.29, 1.82) is 0 Å². The molecule has 8 heteroatoms. The molecule has 7 nitrogen and oxygen atoms in total. The number of amides is 1. The lowest BCUT2D eigenvalue weighted by Crippen LogP contribution is -2.27. The van der Waals surface area contributed by atoms with Gasteiger partial charge in [-0.15, -0.1) is 0 Å². The molecule has 0 aliphatic heterocycles. The van der Waals surface area contributed by atoms with Crippen LogP contribution < -0.4 is 10.5 Å². The number of primary sulfonamides is 1. The summed E-state index contributed by atoms with van der Waals surface area (Å²) in [6.07, 6.45) is 0.760. The lowest BCUT2D eigenvalue weighted by molar-refractivity contribution is -0.120. The third-order valence-electron chi connectivity index (χ3n) is 3.01. The van der Waals surface area contributed by atoms with E-state index in [4.69, 9.17) is 9.66 Å². The average Bonchev–Trinajstić information content (AvgIpc) is 2.83. The predicted octanol–water partition coefficient (Wildman–Crippen LogP) is 0.532. The number of sulfonamides is 1. The summed E-state index contributed by atoms with van der Waals surface area (Å²) in [5.41, 5.74) is 1.50. The maximum absolute atomic E-state index is 11.7. The van der Waals surface area contributed by atoms with Crippen LogP contribution in [0.25, 0.3) is 0 Å². The van der Waals surface area contributed by atoms with E-state index >= 15 is 0 Å². The first-order valence-corrected chi connectivity index (χ1v) is 8.20. The van der Waals surface area contributed by atoms with Crippen LogP contribution in [0.2, 0.25) is 0 Å². The number of benzene rings is 1. The largest absolute Gasteiger partial charge is 0.361 e. The fourth-order valence-electron chi connectivity index (χ4n) is 1.92. The molecule has 0 atom stereocenters. The number of hydrogen-bond donors (Lipinski definition) is 2. The Morgan fingerprint density at radius 1 is 1.32 bits per heavy atom. The maximum Gasteiger partial charge on any atom is 0.238 e. The fourth-order valence-corrected chi connectivity index (χ4v) is 2.44. The van der Waals surface area contributed by atoms with Crippen LogP contribution in [0.1, 0.15) is 17.0 Å². The molecular weight excluding hydrogens is 306 g/mol. The Bertz CT molecular complexity index is 751. The van der Waals surface area contributed by atoms with Crippen molar-refractivity contribution in [2.75, 3.05) is 6.54 Å². The number of nitrogens with one attached hydrogen (secondary N) is 1. The van der Waals surface area contributed by atoms with Gasteiger partial charge in [0.15, 0.2) is 0 Å². The summed E-state index contributed by atoms with van der Waals surface area (Å²) in [5.74, 6) is 0.521. The number of rotatable bonds is 6. The van der Waals surface area contributed by atoms with Crippen molar-refractivity contribution in [3.05, 3.63) is 47.3 Å². The Labute approximate surface area is 128 Å². The van der Waals surface area contributed by atoms with Gasteiger partial charge in [0, 0.05) is 12.6 Å². The Kier molecular flexibility index (Phi) is 4.94. The molecule has 1 amide bonds. The molecule has 2 rings (SSSR count). The molecule has 0 fully saturated rings. The first-order valence-electron chi connectivity index (χ1n) is 6.65. The summed E-state index contributed by atoms with van der Waals surface area (Å²) in [6, 6.07) is 7.96. The zero-order valence-corrected chi connectivity index (χ0v) is 12.9. The van der Waals surface area contributed by atoms with Crippen LogP contribution in [0, 0.1) is 6.92 Å². The van der Waals surface area contributed by atoms with Crippen LogP contribution in [0.4, 0.5) is 0 Å². The van der Waals surface area contributed by atoms with Gasteiger partial charge in [0.25, 0.3) is 0 Å². The Balaban J connectivity index is 1.79. The second-order valence-electron chi connectivity index (χ2n) is 4.89. The van der Waals surface area contributed by atoms with E-state index in [0.29, 0.717) is 24.4 Å². The Morgan fingerprint density at radius 3 is 2.55 bits per heavy atom. The predicted molar refractivity (Wildman–Crippen MR) is 79.5 cm³/mol. The Hall–Kier alpha value is -2.19. The molecule has 0 spiro atoms. The summed E-state index contributed by atoms with van der Waals surface area (Å²) in [6.45, 7) is 2.21. The molecule has 1 heterocycles. The maximum atomic E-state index is 11.7. The molecule has 0 saturated carbocycles. The summed E-state index contributed by atoms with van der Waals surface area (Å²) in [7, 11) is -3.67. The summed E-state index contributed by atoms with van der Waals surface area (Å²) in [5, 5.41) is 11.5. The van der Waals surface area contributed by atoms with Gasteiger partial charge >= 0.3 is 0 Å². The smallest absolute Gasteiger partial charge is 0.238 e. The standard InChI is InChI=1S/C14H17N3O4S/c1-10-8-12(17-21-10)9-14(18)16-7-6-11-2-4-13(5-3-11)22(15,19)20/h2-5,8H,6-7,9H2,1H3,(H,16,18)(H2,15,19,20). The first-order chi connectivity index (χ1) is 10.3. The zero-order valence-electron chi connectivity index (χ0n) is 12.1. The second kappa shape index (κ2) is 6.71. The van der Waals surface area contributed by atoms with Gasteiger partial charge < -0.3 is 9.84 Å². The molecule has 118 valence electrons. The van der Waals surface area contributed by atoms with Crippen molar-refractivity contribution < 1.29 is 17.7 Å². The highest BCUT2D eigenvalue weighted by Gasteiger charge is 2.08. The number of carbonyl (C=O) groups is 1. The molecule has 2 aromatic rings. The summed E-state index contributed by atoms with van der Waals surface area (Å²) >= 11 is 0. The van der Waals surface area contributed by atoms with Gasteiger partial charge in [-0.05, 0) is 31.0 Å². The molecule has 1 aromatic carbocycles. The van der Waals surface area contributed by atoms with E-state index in [-0.39, 0.29) is 17.2 Å². The lowest BCUT2D eigenvalue weighted by atomic mass is 10.1. The van der Waals surface area contributed by atoms with Crippen LogP contribution in [-0.4, -0.2) is 26.0 Å². The topological polar surface area (TPSA) is 115 Å². The van der Waals surface area contributed by atoms with Crippen LogP contribution in [-0.2, 0) is 27.7 Å². The van der Waals surface area contributed by atoms with Crippen LogP contribution in [0.15, 0.2) is 39.8 Å². The van der Waals surface area contributed by atoms with E-state index in [0.717, 1.165) is 5.56 Å². The molecule has 0 aliphatic carbocycles. The van der Waals surface area contributed by atoms with Crippen molar-refractivity contribution in [3.63, 3.8) is 0 Å². The number of carbonyl (C=O) groups excluding carboxylic acids is 1. The quantitative estimate of drug-likeness (QED) is 0.804. The molecule has 0 bridgehead atoms. The van der Waals surface area contributed by atoms with Gasteiger partial charge in [-0.2, -0.15) is 0 Å². The third-order valence-corrected chi connectivity index (χ3v) is 3.94. The van der Waals surface area contributed by atoms with E-state index in [1.165, 1.54) is 12.1 Å². The monoisotopic (exact) mass is 323 g/mol. The van der Waals surface area contributed by atoms with Crippen molar-refractivity contribution in [3.8, 4) is 0 Å². The molecule has 0 aliphatic rings. The van der Waals surface area contributed by atoms with Gasteiger partial charge in [-0.3, -0.25) is 4.79 Å². The highest BCUT2D eigenvalue weighted by Crippen LogP contribution is 2.09. The fraction of sp³-hybridized carbons (Fsp3) is 0.286. The average molecular weight is 323 g/mol. The number of nitrogens with zero attached hydrogens (tertiary/aromatic N) is 1. The lowest BCUT2D eigenvalue weighted by Gasteiger charge is -2.05. The minimum Gasteiger partial charge on any atom is -0.361 e. The zero-order chi connectivity index (χ0) is 16.2. The highest BCUT2D eigenvalue weighted by atomic mass is 32.2. The number of nitrogens with two attached hydrogens (primary N) is 1. The second-order valence-corrected chi connectivity index (χ2v) is 6.46. The molecule has 0 saturated heterocycles. The normalized spacial score (nSPS) is 11.4. The minimum atomic E-state index is -3.67. The molecule has 0 radical (unpaired) electrons. The van der Waals surface area contributed by atoms with Gasteiger partial charge in [0.2, 0.25) is 15.9 Å². The van der Waals surface area contributed by atoms with Crippen molar-refractivity contribution >= 4 is 15.9 Å². The van der Waals surface area contributed by atoms with Crippen LogP contribution >= 0.6 is 0 Å². The van der Waals surface area contributed by atoms with Crippen molar-refractivity contribution in [2.45, 2.75) is 24.7 Å². The van der Waals surface area contributed by atoms with Gasteiger partial charge in [-0.1, -0.05) is 17.3 Å². The SMILES string of the molecule is Cc1cc(CC(=O)NCCc2ccc(S(N)(=O)=O)cc2)no1. The molecule has 3 N–H and O–H groups in total. The molecule has 22 heavy (non-hydrogen) atoms. The van der Waals surface area contributed by atoms with E-state index in [1.807, 2.05) is 0 Å². The van der Waals surface area contributed by atoms with E-state index < -0.39 is 10.0 Å². The Morgan fingerprint density at radius 2 is 2.00 bits per heavy atom. The first kappa shape index (κ1) is 16.2. The van der Waals surface area contributed by atoms with E-state index in [2.05, 4.69) is 10.5 Å². The molecular formula is C14H17N3O4S. The van der Waals surface area contributed by atoms with Gasteiger partial charge in [0.05, 0.1) is 17.0 Å². The highest BCUT2D eigenvalue weighted by molar-refractivity contribution is 7.89. The summed E-state index contributed by atoms with van der Waals surface area (Å²) in [4.78, 5) is 11.8. The van der Waals surface area contributed by atoms with Crippen LogP contribution in [0.5, 0.6) is 0 Å². The summed E-state index contributed by atoms with van der Waals surface area (Å²) < 4.78 is 27.1. The number of hydrogen-bond acceptors (Lipinski definition) is 5. The van der Waals surface area contributed by atoms with Gasteiger partial charge in [0.1, 0.15) is 5.76 Å².